The van der Waals surface area contributed by atoms with Crippen molar-refractivity contribution >= 4 is 5.91 Å². The van der Waals surface area contributed by atoms with Crippen molar-refractivity contribution < 1.29 is 14.3 Å². The van der Waals surface area contributed by atoms with Crippen molar-refractivity contribution in [2.45, 2.75) is 64.5 Å². The second-order valence-electron chi connectivity index (χ2n) is 8.88. The van der Waals surface area contributed by atoms with Gasteiger partial charge in [0.05, 0.1) is 6.10 Å². The molecular formula is C19H28FNO2. The lowest BCUT2D eigenvalue weighted by Crippen LogP contribution is -2.60. The number of aliphatic hydroxyl groups excluding tert-OH is 1. The highest BCUT2D eigenvalue weighted by Crippen LogP contribution is 2.64. The van der Waals surface area contributed by atoms with E-state index >= 15 is 0 Å². The molecule has 3 nitrogen and oxygen atoms in total. The number of aliphatic hydroxyl groups is 1. The molecule has 0 unspecified atom stereocenters. The van der Waals surface area contributed by atoms with Gasteiger partial charge in [-0.25, -0.2) is 4.39 Å². The maximum atomic E-state index is 14.2. The molecule has 0 spiro atoms. The van der Waals surface area contributed by atoms with Crippen LogP contribution in [0.2, 0.25) is 0 Å². The monoisotopic (exact) mass is 321 g/mol. The van der Waals surface area contributed by atoms with Crippen molar-refractivity contribution in [1.82, 2.24) is 4.90 Å². The van der Waals surface area contributed by atoms with Gasteiger partial charge in [-0.1, -0.05) is 13.8 Å². The zero-order valence-corrected chi connectivity index (χ0v) is 14.4. The molecule has 3 fully saturated rings. The third-order valence-corrected chi connectivity index (χ3v) is 8.11. The van der Waals surface area contributed by atoms with E-state index in [0.29, 0.717) is 17.8 Å². The van der Waals surface area contributed by atoms with Gasteiger partial charge in [-0.2, -0.15) is 0 Å². The second kappa shape index (κ2) is 4.81. The lowest BCUT2D eigenvalue weighted by molar-refractivity contribution is -0.143. The van der Waals surface area contributed by atoms with Gasteiger partial charge in [0.25, 0.3) is 5.91 Å². The van der Waals surface area contributed by atoms with Crippen molar-refractivity contribution in [2.75, 3.05) is 7.05 Å². The third-order valence-electron chi connectivity index (χ3n) is 8.11. The van der Waals surface area contributed by atoms with E-state index in [4.69, 9.17) is 0 Å². The number of carbonyl (C=O) groups is 1. The average Bonchev–Trinajstić information content (AvgIpc) is 2.80. The largest absolute Gasteiger partial charge is 0.393 e. The summed E-state index contributed by atoms with van der Waals surface area (Å²) in [6, 6.07) is 0.117. The molecule has 7 atom stereocenters. The fourth-order valence-electron chi connectivity index (χ4n) is 6.80. The predicted octanol–water partition coefficient (Wildman–Crippen LogP) is 3.28. The number of nitrogens with zero attached hydrogens (tertiary/aromatic N) is 1. The van der Waals surface area contributed by atoms with E-state index in [1.165, 1.54) is 0 Å². The zero-order valence-electron chi connectivity index (χ0n) is 14.4. The summed E-state index contributed by atoms with van der Waals surface area (Å²) in [5, 5.41) is 10.5. The van der Waals surface area contributed by atoms with E-state index in [2.05, 4.69) is 13.8 Å². The Hall–Kier alpha value is -0.900. The van der Waals surface area contributed by atoms with Gasteiger partial charge in [0.1, 0.15) is 0 Å². The molecule has 23 heavy (non-hydrogen) atoms. The highest BCUT2D eigenvalue weighted by Gasteiger charge is 2.60. The predicted molar refractivity (Wildman–Crippen MR) is 86.1 cm³/mol. The SMILES string of the molecule is CN1C(=O)C(F)=C[C@]2(C)[C@H]3CC[C@]4(C)[C@@H](O)CC[C@H]4[C@@H]3CC[C@@H]12. The Balaban J connectivity index is 1.72. The molecule has 0 aromatic rings. The first-order valence-electron chi connectivity index (χ1n) is 9.12. The van der Waals surface area contributed by atoms with Crippen molar-refractivity contribution in [3.05, 3.63) is 11.9 Å². The molecule has 1 amide bonds. The second-order valence-corrected chi connectivity index (χ2v) is 8.88. The summed E-state index contributed by atoms with van der Waals surface area (Å²) in [5.74, 6) is 0.492. The fraction of sp³-hybridized carbons (Fsp3) is 0.842. The molecule has 4 heteroatoms. The summed E-state index contributed by atoms with van der Waals surface area (Å²) >= 11 is 0. The molecule has 0 aromatic heterocycles. The van der Waals surface area contributed by atoms with Crippen molar-refractivity contribution in [2.24, 2.45) is 28.6 Å². The summed E-state index contributed by atoms with van der Waals surface area (Å²) in [7, 11) is 1.75. The Kier molecular flexibility index (Phi) is 3.27. The number of hydrogen-bond acceptors (Lipinski definition) is 2. The Morgan fingerprint density at radius 2 is 1.91 bits per heavy atom. The van der Waals surface area contributed by atoms with Gasteiger partial charge in [0, 0.05) is 18.5 Å². The Morgan fingerprint density at radius 1 is 1.17 bits per heavy atom. The van der Waals surface area contributed by atoms with Crippen LogP contribution in [-0.2, 0) is 4.79 Å². The number of carbonyl (C=O) groups excluding carboxylic acids is 1. The van der Waals surface area contributed by atoms with Crippen molar-refractivity contribution in [1.29, 1.82) is 0 Å². The number of fused-ring (bicyclic) bond motifs is 5. The molecule has 0 radical (unpaired) electrons. The van der Waals surface area contributed by atoms with Crippen LogP contribution in [0, 0.1) is 28.6 Å². The molecule has 1 aliphatic heterocycles. The number of likely N-dealkylation sites (N-methyl/N-ethyl adjacent to an activating group) is 1. The van der Waals surface area contributed by atoms with Gasteiger partial charge in [-0.3, -0.25) is 4.79 Å². The maximum absolute atomic E-state index is 14.2. The van der Waals surface area contributed by atoms with Crippen molar-refractivity contribution in [3.63, 3.8) is 0 Å². The number of amides is 1. The summed E-state index contributed by atoms with van der Waals surface area (Å²) in [5.41, 5.74) is -0.215. The van der Waals surface area contributed by atoms with Crippen LogP contribution in [0.4, 0.5) is 4.39 Å². The minimum absolute atomic E-state index is 0.0447. The van der Waals surface area contributed by atoms with Crippen LogP contribution >= 0.6 is 0 Å². The van der Waals surface area contributed by atoms with E-state index in [9.17, 15) is 14.3 Å². The lowest BCUT2D eigenvalue weighted by atomic mass is 9.48. The summed E-state index contributed by atoms with van der Waals surface area (Å²) in [6.45, 7) is 4.41. The number of halogens is 1. The quantitative estimate of drug-likeness (QED) is 0.744. The first-order valence-corrected chi connectivity index (χ1v) is 9.12. The van der Waals surface area contributed by atoms with Crippen LogP contribution in [0.3, 0.4) is 0 Å². The molecule has 3 saturated carbocycles. The van der Waals surface area contributed by atoms with E-state index in [-0.39, 0.29) is 23.0 Å². The first kappa shape index (κ1) is 15.6. The summed E-state index contributed by atoms with van der Waals surface area (Å²) < 4.78 is 14.2. The normalized spacial score (nSPS) is 52.6. The Labute approximate surface area is 137 Å². The molecule has 4 rings (SSSR count). The minimum Gasteiger partial charge on any atom is -0.393 e. The van der Waals surface area contributed by atoms with Crippen LogP contribution in [0.15, 0.2) is 11.9 Å². The van der Waals surface area contributed by atoms with E-state index in [1.54, 1.807) is 18.0 Å². The van der Waals surface area contributed by atoms with Crippen LogP contribution in [0.25, 0.3) is 0 Å². The summed E-state index contributed by atoms with van der Waals surface area (Å²) in [4.78, 5) is 13.7. The molecule has 1 N–H and O–H groups in total. The fourth-order valence-corrected chi connectivity index (χ4v) is 6.80. The van der Waals surface area contributed by atoms with Crippen LogP contribution in [-0.4, -0.2) is 35.1 Å². The van der Waals surface area contributed by atoms with E-state index < -0.39 is 11.7 Å². The van der Waals surface area contributed by atoms with Gasteiger partial charge in [0.15, 0.2) is 5.83 Å². The van der Waals surface area contributed by atoms with Gasteiger partial charge >= 0.3 is 0 Å². The molecule has 1 heterocycles. The number of rotatable bonds is 0. The topological polar surface area (TPSA) is 40.5 Å². The minimum atomic E-state index is -0.577. The van der Waals surface area contributed by atoms with Crippen LogP contribution in [0.1, 0.15) is 52.4 Å². The van der Waals surface area contributed by atoms with Gasteiger partial charge in [0.2, 0.25) is 0 Å². The first-order chi connectivity index (χ1) is 10.8. The van der Waals surface area contributed by atoms with Gasteiger partial charge < -0.3 is 10.0 Å². The molecule has 0 bridgehead atoms. The van der Waals surface area contributed by atoms with Gasteiger partial charge in [-0.15, -0.1) is 0 Å². The molecule has 0 saturated heterocycles. The maximum Gasteiger partial charge on any atom is 0.282 e. The van der Waals surface area contributed by atoms with Crippen LogP contribution in [0.5, 0.6) is 0 Å². The molecule has 0 aromatic carbocycles. The average molecular weight is 321 g/mol. The highest BCUT2D eigenvalue weighted by molar-refractivity contribution is 5.92. The molecule has 3 aliphatic carbocycles. The molecule has 128 valence electrons. The van der Waals surface area contributed by atoms with Crippen LogP contribution < -0.4 is 0 Å². The Bertz CT molecular complexity index is 576. The molecular weight excluding hydrogens is 293 g/mol. The van der Waals surface area contributed by atoms with E-state index in [1.807, 2.05) is 0 Å². The Morgan fingerprint density at radius 3 is 2.65 bits per heavy atom. The molecule has 4 aliphatic rings. The standard InChI is InChI=1S/C19H28FNO2/c1-18-9-8-13-11(12(18)5-7-16(18)22)4-6-15-19(13,2)10-14(20)17(23)21(15)3/h10-13,15-16,22H,4-9H2,1-3H3/t11-,12-,13-,15+,16-,18-,19+/m0/s1. The lowest BCUT2D eigenvalue weighted by Gasteiger charge is -2.60. The smallest absolute Gasteiger partial charge is 0.282 e. The third kappa shape index (κ3) is 1.87. The highest BCUT2D eigenvalue weighted by atomic mass is 19.1. The zero-order chi connectivity index (χ0) is 16.6. The van der Waals surface area contributed by atoms with Crippen molar-refractivity contribution in [3.8, 4) is 0 Å². The summed E-state index contributed by atoms with van der Waals surface area (Å²) in [6.07, 6.45) is 7.58. The number of hydrogen-bond donors (Lipinski definition) is 1. The van der Waals surface area contributed by atoms with E-state index in [0.717, 1.165) is 38.5 Å². The van der Waals surface area contributed by atoms with Gasteiger partial charge in [-0.05, 0) is 67.8 Å².